The number of hydrogen-bond donors (Lipinski definition) is 1. The highest BCUT2D eigenvalue weighted by Crippen LogP contribution is 2.31. The number of rotatable bonds is 4. The molecule has 100 valence electrons. The molecule has 2 heterocycles. The molecule has 0 radical (unpaired) electrons. The molecule has 1 aliphatic heterocycles. The largest absolute Gasteiger partial charge is 0.314 e. The molecule has 0 aliphatic carbocycles. The van der Waals surface area contributed by atoms with Gasteiger partial charge in [-0.15, -0.1) is 0 Å². The van der Waals surface area contributed by atoms with Gasteiger partial charge in [0.05, 0.1) is 0 Å². The fourth-order valence-electron chi connectivity index (χ4n) is 2.67. The summed E-state index contributed by atoms with van der Waals surface area (Å²) in [4.78, 5) is 6.18. The number of piperazine rings is 1. The molecular weight excluding hydrogens is 229 g/mol. The topological polar surface area (TPSA) is 28.2 Å². The summed E-state index contributed by atoms with van der Waals surface area (Å²) >= 11 is 0. The van der Waals surface area contributed by atoms with E-state index in [0.717, 1.165) is 38.2 Å². The van der Waals surface area contributed by atoms with E-state index in [-0.39, 0.29) is 12.0 Å². The van der Waals surface area contributed by atoms with Crippen molar-refractivity contribution >= 4 is 0 Å². The van der Waals surface area contributed by atoms with Gasteiger partial charge in [-0.3, -0.25) is 4.90 Å². The van der Waals surface area contributed by atoms with Crippen molar-refractivity contribution in [2.24, 2.45) is 5.92 Å². The molecule has 0 saturated carbocycles. The summed E-state index contributed by atoms with van der Waals surface area (Å²) in [7, 11) is 0. The molecule has 3 nitrogen and oxygen atoms in total. The Balaban J connectivity index is 2.27. The van der Waals surface area contributed by atoms with E-state index in [0.29, 0.717) is 5.92 Å². The molecule has 0 spiro atoms. The van der Waals surface area contributed by atoms with Crippen molar-refractivity contribution in [2.45, 2.75) is 26.3 Å². The van der Waals surface area contributed by atoms with Crippen LogP contribution in [0, 0.1) is 11.9 Å². The minimum absolute atomic E-state index is 0.144. The van der Waals surface area contributed by atoms with Gasteiger partial charge in [0.15, 0.2) is 0 Å². The highest BCUT2D eigenvalue weighted by Gasteiger charge is 2.28. The third-order valence-corrected chi connectivity index (χ3v) is 3.83. The number of nitrogens with zero attached hydrogens (tertiary/aromatic N) is 2. The minimum Gasteiger partial charge on any atom is -0.314 e. The average molecular weight is 251 g/mol. The van der Waals surface area contributed by atoms with Gasteiger partial charge in [0.25, 0.3) is 0 Å². The first-order valence-electron chi connectivity index (χ1n) is 6.79. The minimum atomic E-state index is -0.318. The van der Waals surface area contributed by atoms with Crippen molar-refractivity contribution in [3.05, 3.63) is 29.8 Å². The van der Waals surface area contributed by atoms with Crippen LogP contribution in [0.2, 0.25) is 0 Å². The van der Waals surface area contributed by atoms with Crippen LogP contribution < -0.4 is 5.32 Å². The highest BCUT2D eigenvalue weighted by molar-refractivity contribution is 5.17. The molecule has 1 aliphatic rings. The number of halogens is 1. The van der Waals surface area contributed by atoms with Crippen LogP contribution in [0.3, 0.4) is 0 Å². The Hall–Kier alpha value is -1.00. The van der Waals surface area contributed by atoms with Crippen molar-refractivity contribution in [3.63, 3.8) is 0 Å². The highest BCUT2D eigenvalue weighted by atomic mass is 19.1. The van der Waals surface area contributed by atoms with E-state index in [9.17, 15) is 4.39 Å². The maximum absolute atomic E-state index is 13.9. The second kappa shape index (κ2) is 6.25. The Morgan fingerprint density at radius 3 is 2.78 bits per heavy atom. The van der Waals surface area contributed by atoms with Crippen molar-refractivity contribution in [2.75, 3.05) is 26.2 Å². The maximum atomic E-state index is 13.9. The average Bonchev–Trinajstić information content (AvgIpc) is 2.42. The maximum Gasteiger partial charge on any atom is 0.217 e. The van der Waals surface area contributed by atoms with Crippen LogP contribution in [0.5, 0.6) is 0 Å². The fourth-order valence-corrected chi connectivity index (χ4v) is 2.67. The summed E-state index contributed by atoms with van der Waals surface area (Å²) < 4.78 is 13.9. The third-order valence-electron chi connectivity index (χ3n) is 3.83. The van der Waals surface area contributed by atoms with Gasteiger partial charge in [-0.2, -0.15) is 4.39 Å². The van der Waals surface area contributed by atoms with Crippen LogP contribution in [0.1, 0.15) is 31.9 Å². The third kappa shape index (κ3) is 2.87. The smallest absolute Gasteiger partial charge is 0.217 e. The van der Waals surface area contributed by atoms with Crippen LogP contribution in [-0.4, -0.2) is 36.1 Å². The van der Waals surface area contributed by atoms with Gasteiger partial charge in [0, 0.05) is 44.0 Å². The standard InChI is InChI=1S/C14H22FN3/c1-3-11(2)13(18-9-7-16-8-10-18)12-5-4-6-17-14(12)15/h4-6,11,13,16H,3,7-10H2,1-2H3/t11?,13-/m1/s1. The molecule has 1 unspecified atom stereocenters. The summed E-state index contributed by atoms with van der Waals surface area (Å²) in [6.07, 6.45) is 2.56. The molecule has 2 rings (SSSR count). The zero-order chi connectivity index (χ0) is 13.0. The van der Waals surface area contributed by atoms with Crippen LogP contribution in [0.4, 0.5) is 4.39 Å². The van der Waals surface area contributed by atoms with Gasteiger partial charge >= 0.3 is 0 Å². The fraction of sp³-hybridized carbons (Fsp3) is 0.643. The van der Waals surface area contributed by atoms with Crippen molar-refractivity contribution in [1.29, 1.82) is 0 Å². The Morgan fingerprint density at radius 2 is 2.17 bits per heavy atom. The quantitative estimate of drug-likeness (QED) is 0.832. The molecule has 18 heavy (non-hydrogen) atoms. The van der Waals surface area contributed by atoms with E-state index in [2.05, 4.69) is 29.0 Å². The number of hydrogen-bond acceptors (Lipinski definition) is 3. The molecule has 1 aromatic heterocycles. The lowest BCUT2D eigenvalue weighted by Gasteiger charge is -2.38. The molecular formula is C14H22FN3. The summed E-state index contributed by atoms with van der Waals surface area (Å²) in [6, 6.07) is 3.85. The van der Waals surface area contributed by atoms with E-state index in [1.807, 2.05) is 12.1 Å². The van der Waals surface area contributed by atoms with Gasteiger partial charge in [0.2, 0.25) is 5.95 Å². The van der Waals surface area contributed by atoms with Crippen LogP contribution in [-0.2, 0) is 0 Å². The summed E-state index contributed by atoms with van der Waals surface area (Å²) in [5, 5.41) is 3.34. The normalized spacial score (nSPS) is 20.6. The Labute approximate surface area is 108 Å². The molecule has 1 saturated heterocycles. The first-order valence-corrected chi connectivity index (χ1v) is 6.79. The second-order valence-electron chi connectivity index (χ2n) is 5.00. The number of nitrogens with one attached hydrogen (secondary N) is 1. The SMILES string of the molecule is CCC(C)[C@H](c1cccnc1F)N1CCNCC1. The number of aromatic nitrogens is 1. The lowest BCUT2D eigenvalue weighted by Crippen LogP contribution is -2.46. The molecule has 2 atom stereocenters. The zero-order valence-corrected chi connectivity index (χ0v) is 11.2. The molecule has 0 amide bonds. The Morgan fingerprint density at radius 1 is 1.44 bits per heavy atom. The molecule has 0 bridgehead atoms. The molecule has 1 N–H and O–H groups in total. The second-order valence-corrected chi connectivity index (χ2v) is 5.00. The predicted molar refractivity (Wildman–Crippen MR) is 70.8 cm³/mol. The summed E-state index contributed by atoms with van der Waals surface area (Å²) in [5.74, 6) is 0.114. The molecule has 1 fully saturated rings. The monoisotopic (exact) mass is 251 g/mol. The molecule has 0 aromatic carbocycles. The summed E-state index contributed by atoms with van der Waals surface area (Å²) in [5.41, 5.74) is 0.744. The van der Waals surface area contributed by atoms with Gasteiger partial charge in [-0.1, -0.05) is 26.3 Å². The van der Waals surface area contributed by atoms with E-state index < -0.39 is 0 Å². The molecule has 1 aromatic rings. The Bertz CT molecular complexity index is 377. The van der Waals surface area contributed by atoms with Gasteiger partial charge in [-0.05, 0) is 12.0 Å². The lowest BCUT2D eigenvalue weighted by molar-refractivity contribution is 0.125. The van der Waals surface area contributed by atoms with Gasteiger partial charge in [-0.25, -0.2) is 4.98 Å². The summed E-state index contributed by atoms with van der Waals surface area (Å²) in [6.45, 7) is 8.27. The van der Waals surface area contributed by atoms with Crippen LogP contribution in [0.15, 0.2) is 18.3 Å². The van der Waals surface area contributed by atoms with E-state index in [1.165, 1.54) is 6.20 Å². The van der Waals surface area contributed by atoms with Gasteiger partial charge in [0.1, 0.15) is 0 Å². The van der Waals surface area contributed by atoms with E-state index in [1.54, 1.807) is 0 Å². The predicted octanol–water partition coefficient (Wildman–Crippen LogP) is 2.21. The first kappa shape index (κ1) is 13.4. The van der Waals surface area contributed by atoms with E-state index >= 15 is 0 Å². The van der Waals surface area contributed by atoms with Gasteiger partial charge < -0.3 is 5.32 Å². The van der Waals surface area contributed by atoms with E-state index in [4.69, 9.17) is 0 Å². The Kier molecular flexibility index (Phi) is 4.66. The van der Waals surface area contributed by atoms with Crippen molar-refractivity contribution in [3.8, 4) is 0 Å². The first-order chi connectivity index (χ1) is 8.74. The van der Waals surface area contributed by atoms with Crippen LogP contribution >= 0.6 is 0 Å². The lowest BCUT2D eigenvalue weighted by atomic mass is 9.91. The molecule has 4 heteroatoms. The van der Waals surface area contributed by atoms with Crippen molar-refractivity contribution < 1.29 is 4.39 Å². The van der Waals surface area contributed by atoms with Crippen molar-refractivity contribution in [1.82, 2.24) is 15.2 Å². The zero-order valence-electron chi connectivity index (χ0n) is 11.2. The van der Waals surface area contributed by atoms with Crippen LogP contribution in [0.25, 0.3) is 0 Å². The number of pyridine rings is 1.